The normalized spacial score (nSPS) is 9.80. The van der Waals surface area contributed by atoms with Gasteiger partial charge in [-0.25, -0.2) is 0 Å². The Hall–Kier alpha value is -3.22. The summed E-state index contributed by atoms with van der Waals surface area (Å²) < 4.78 is 22.3. The minimum atomic E-state index is 0. The van der Waals surface area contributed by atoms with Gasteiger partial charge in [0.25, 0.3) is 0 Å². The van der Waals surface area contributed by atoms with Crippen LogP contribution in [0.25, 0.3) is 0 Å². The summed E-state index contributed by atoms with van der Waals surface area (Å²) in [5.41, 5.74) is 4.69. The zero-order valence-electron chi connectivity index (χ0n) is 20.1. The molecule has 0 amide bonds. The third kappa shape index (κ3) is 9.15. The fourth-order valence-corrected chi connectivity index (χ4v) is 3.31. The standard InChI is InChI=1S/C27H30N2O4.2ClH/c1-4-30-26(28)22-6-10-24(11-7-22)32-17-20-14-19(3)15-21(16-20)18-33-25-12-8-23(9-13-25)27(29)31-5-2;;/h6-16,28-29H,4-5,17-18H2,1-3H3;2*1H. The van der Waals surface area contributed by atoms with Gasteiger partial charge in [-0.2, -0.15) is 0 Å². The smallest absolute Gasteiger partial charge is 0.213 e. The van der Waals surface area contributed by atoms with E-state index in [-0.39, 0.29) is 36.6 Å². The molecule has 3 aromatic rings. The Balaban J connectivity index is 0.00000306. The molecule has 188 valence electrons. The van der Waals surface area contributed by atoms with Crippen LogP contribution in [0.3, 0.4) is 0 Å². The molecule has 0 aliphatic rings. The number of hydrogen-bond acceptors (Lipinski definition) is 6. The van der Waals surface area contributed by atoms with E-state index in [9.17, 15) is 0 Å². The number of nitrogens with one attached hydrogen (secondary N) is 2. The Morgan fingerprint density at radius 1 is 0.629 bits per heavy atom. The summed E-state index contributed by atoms with van der Waals surface area (Å²) in [6.45, 7) is 7.59. The van der Waals surface area contributed by atoms with Crippen LogP contribution in [-0.4, -0.2) is 25.0 Å². The van der Waals surface area contributed by atoms with E-state index in [2.05, 4.69) is 25.1 Å². The van der Waals surface area contributed by atoms with Crippen LogP contribution in [0.15, 0.2) is 66.7 Å². The SMILES string of the molecule is CCOC(=N)c1ccc(OCc2cc(C)cc(COc3ccc(C(=N)OCC)cc3)c2)cc1.Cl.Cl. The molecule has 0 spiro atoms. The number of halogens is 2. The lowest BCUT2D eigenvalue weighted by Crippen LogP contribution is -2.05. The first-order valence-electron chi connectivity index (χ1n) is 11.0. The molecule has 0 aliphatic carbocycles. The van der Waals surface area contributed by atoms with Crippen molar-refractivity contribution < 1.29 is 18.9 Å². The van der Waals surface area contributed by atoms with Crippen LogP contribution < -0.4 is 9.47 Å². The van der Waals surface area contributed by atoms with Crippen molar-refractivity contribution in [2.75, 3.05) is 13.2 Å². The highest BCUT2D eigenvalue weighted by atomic mass is 35.5. The first-order valence-corrected chi connectivity index (χ1v) is 11.0. The molecule has 0 aliphatic heterocycles. The van der Waals surface area contributed by atoms with Crippen LogP contribution in [0.1, 0.15) is 41.7 Å². The van der Waals surface area contributed by atoms with Crippen molar-refractivity contribution in [2.45, 2.75) is 34.0 Å². The number of aryl methyl sites for hydroxylation is 1. The van der Waals surface area contributed by atoms with Crippen molar-refractivity contribution in [3.8, 4) is 11.5 Å². The first-order chi connectivity index (χ1) is 16.0. The zero-order valence-corrected chi connectivity index (χ0v) is 21.8. The number of ether oxygens (including phenoxy) is 4. The summed E-state index contributed by atoms with van der Waals surface area (Å²) in [5.74, 6) is 1.80. The van der Waals surface area contributed by atoms with Gasteiger partial charge in [0.15, 0.2) is 0 Å². The van der Waals surface area contributed by atoms with Crippen molar-refractivity contribution in [3.63, 3.8) is 0 Å². The van der Waals surface area contributed by atoms with Gasteiger partial charge >= 0.3 is 0 Å². The molecule has 0 unspecified atom stereocenters. The summed E-state index contributed by atoms with van der Waals surface area (Å²) in [5, 5.41) is 15.7. The van der Waals surface area contributed by atoms with Gasteiger partial charge in [0.1, 0.15) is 24.7 Å². The van der Waals surface area contributed by atoms with Crippen LogP contribution in [0.2, 0.25) is 0 Å². The van der Waals surface area contributed by atoms with Crippen LogP contribution >= 0.6 is 24.8 Å². The predicted molar refractivity (Wildman–Crippen MR) is 144 cm³/mol. The topological polar surface area (TPSA) is 84.6 Å². The van der Waals surface area contributed by atoms with E-state index in [0.29, 0.717) is 26.4 Å². The summed E-state index contributed by atoms with van der Waals surface area (Å²) in [4.78, 5) is 0. The molecule has 0 heterocycles. The minimum Gasteiger partial charge on any atom is -0.489 e. The molecule has 6 nitrogen and oxygen atoms in total. The summed E-state index contributed by atoms with van der Waals surface area (Å²) in [6.07, 6.45) is 0. The molecule has 3 aromatic carbocycles. The molecule has 3 rings (SSSR count). The van der Waals surface area contributed by atoms with E-state index in [0.717, 1.165) is 39.3 Å². The molecule has 0 radical (unpaired) electrons. The number of hydrogen-bond donors (Lipinski definition) is 2. The first kappa shape index (κ1) is 29.8. The average molecular weight is 519 g/mol. The van der Waals surface area contributed by atoms with Gasteiger partial charge in [-0.3, -0.25) is 10.8 Å². The lowest BCUT2D eigenvalue weighted by Gasteiger charge is -2.12. The van der Waals surface area contributed by atoms with Gasteiger partial charge in [-0.15, -0.1) is 24.8 Å². The Morgan fingerprint density at radius 3 is 1.34 bits per heavy atom. The van der Waals surface area contributed by atoms with Gasteiger partial charge in [-0.05, 0) is 86.5 Å². The van der Waals surface area contributed by atoms with Gasteiger partial charge in [0.2, 0.25) is 11.8 Å². The second-order valence-electron chi connectivity index (χ2n) is 7.48. The van der Waals surface area contributed by atoms with E-state index >= 15 is 0 Å². The van der Waals surface area contributed by atoms with Crippen molar-refractivity contribution in [1.29, 1.82) is 10.8 Å². The van der Waals surface area contributed by atoms with E-state index in [1.165, 1.54) is 0 Å². The quantitative estimate of drug-likeness (QED) is 0.230. The van der Waals surface area contributed by atoms with E-state index < -0.39 is 0 Å². The molecule has 8 heteroatoms. The monoisotopic (exact) mass is 518 g/mol. The zero-order chi connectivity index (χ0) is 23.6. The molecular formula is C27H32Cl2N2O4. The highest BCUT2D eigenvalue weighted by molar-refractivity contribution is 5.92. The Morgan fingerprint density at radius 2 is 1.00 bits per heavy atom. The third-order valence-electron chi connectivity index (χ3n) is 4.82. The highest BCUT2D eigenvalue weighted by Crippen LogP contribution is 2.19. The third-order valence-corrected chi connectivity index (χ3v) is 4.82. The molecule has 0 fully saturated rings. The van der Waals surface area contributed by atoms with Gasteiger partial charge in [0.05, 0.1) is 13.2 Å². The fraction of sp³-hybridized carbons (Fsp3) is 0.259. The molecule has 0 aromatic heterocycles. The van der Waals surface area contributed by atoms with Gasteiger partial charge in [0, 0.05) is 11.1 Å². The van der Waals surface area contributed by atoms with E-state index in [1.54, 1.807) is 0 Å². The second-order valence-corrected chi connectivity index (χ2v) is 7.48. The number of benzene rings is 3. The van der Waals surface area contributed by atoms with E-state index in [4.69, 9.17) is 29.8 Å². The lowest BCUT2D eigenvalue weighted by molar-refractivity contribution is 0.299. The molecule has 35 heavy (non-hydrogen) atoms. The molecule has 0 saturated carbocycles. The van der Waals surface area contributed by atoms with Crippen molar-refractivity contribution in [2.24, 2.45) is 0 Å². The number of rotatable bonds is 10. The van der Waals surface area contributed by atoms with Crippen molar-refractivity contribution in [3.05, 3.63) is 94.5 Å². The van der Waals surface area contributed by atoms with Crippen LogP contribution in [0.4, 0.5) is 0 Å². The fourth-order valence-electron chi connectivity index (χ4n) is 3.31. The van der Waals surface area contributed by atoms with Crippen LogP contribution in [0, 0.1) is 17.7 Å². The maximum atomic E-state index is 7.84. The Labute approximate surface area is 219 Å². The Bertz CT molecular complexity index is 1000. The van der Waals surface area contributed by atoms with Crippen LogP contribution in [-0.2, 0) is 22.7 Å². The summed E-state index contributed by atoms with van der Waals surface area (Å²) in [6, 6.07) is 20.9. The molecule has 0 bridgehead atoms. The largest absolute Gasteiger partial charge is 0.489 e. The maximum absolute atomic E-state index is 7.84. The highest BCUT2D eigenvalue weighted by Gasteiger charge is 2.06. The van der Waals surface area contributed by atoms with Crippen LogP contribution in [0.5, 0.6) is 11.5 Å². The van der Waals surface area contributed by atoms with E-state index in [1.807, 2.05) is 62.4 Å². The Kier molecular flexibility index (Phi) is 12.7. The molecular weight excluding hydrogens is 487 g/mol. The van der Waals surface area contributed by atoms with Gasteiger partial charge < -0.3 is 18.9 Å². The minimum absolute atomic E-state index is 0. The van der Waals surface area contributed by atoms with Crippen molar-refractivity contribution >= 4 is 36.6 Å². The average Bonchev–Trinajstić information content (AvgIpc) is 2.82. The summed E-state index contributed by atoms with van der Waals surface area (Å²) in [7, 11) is 0. The molecule has 0 saturated heterocycles. The molecule has 0 atom stereocenters. The summed E-state index contributed by atoms with van der Waals surface area (Å²) >= 11 is 0. The predicted octanol–water partition coefficient (Wildman–Crippen LogP) is 6.72. The second kappa shape index (κ2) is 14.9. The molecule has 2 N–H and O–H groups in total. The maximum Gasteiger partial charge on any atom is 0.213 e. The van der Waals surface area contributed by atoms with Gasteiger partial charge in [-0.1, -0.05) is 17.7 Å². The lowest BCUT2D eigenvalue weighted by atomic mass is 10.1. The van der Waals surface area contributed by atoms with Crippen molar-refractivity contribution in [1.82, 2.24) is 0 Å².